The van der Waals surface area contributed by atoms with Gasteiger partial charge >= 0.3 is 0 Å². The summed E-state index contributed by atoms with van der Waals surface area (Å²) >= 11 is 1.72. The van der Waals surface area contributed by atoms with E-state index in [2.05, 4.69) is 52.8 Å². The summed E-state index contributed by atoms with van der Waals surface area (Å²) in [5, 5.41) is 8.47. The highest BCUT2D eigenvalue weighted by Gasteiger charge is 2.10. The maximum atomic E-state index is 5.80. The summed E-state index contributed by atoms with van der Waals surface area (Å²) in [7, 11) is 0. The minimum absolute atomic E-state index is 0. The standard InChI is InChI=1S/C16H18N4S.ClH/c1-11(2)16-19-18-15-8-7-13(10-20(15)16)21-14-6-4-3-5-12(14)9-17;/h3-8,10-11H,9,17H2,1-2H3;1H. The van der Waals surface area contributed by atoms with Crippen LogP contribution < -0.4 is 5.73 Å². The Labute approximate surface area is 140 Å². The van der Waals surface area contributed by atoms with E-state index in [1.54, 1.807) is 11.8 Å². The van der Waals surface area contributed by atoms with Gasteiger partial charge in [-0.15, -0.1) is 22.6 Å². The third kappa shape index (κ3) is 3.27. The van der Waals surface area contributed by atoms with Crippen LogP contribution in [0.15, 0.2) is 52.4 Å². The molecule has 22 heavy (non-hydrogen) atoms. The lowest BCUT2D eigenvalue weighted by Gasteiger charge is -2.08. The molecular weight excluding hydrogens is 316 g/mol. The summed E-state index contributed by atoms with van der Waals surface area (Å²) in [5.74, 6) is 1.33. The normalized spacial score (nSPS) is 10.9. The molecule has 0 atom stereocenters. The molecule has 116 valence electrons. The predicted molar refractivity (Wildman–Crippen MR) is 92.8 cm³/mol. The summed E-state index contributed by atoms with van der Waals surface area (Å²) in [6.07, 6.45) is 2.10. The lowest BCUT2D eigenvalue weighted by molar-refractivity contribution is 0.756. The monoisotopic (exact) mass is 334 g/mol. The second-order valence-electron chi connectivity index (χ2n) is 5.22. The highest BCUT2D eigenvalue weighted by molar-refractivity contribution is 7.99. The highest BCUT2D eigenvalue weighted by Crippen LogP contribution is 2.30. The number of aromatic nitrogens is 3. The number of pyridine rings is 1. The molecule has 0 unspecified atom stereocenters. The van der Waals surface area contributed by atoms with Gasteiger partial charge < -0.3 is 5.73 Å². The molecule has 0 saturated heterocycles. The largest absolute Gasteiger partial charge is 0.326 e. The van der Waals surface area contributed by atoms with Gasteiger partial charge in [0.15, 0.2) is 5.65 Å². The fourth-order valence-electron chi connectivity index (χ4n) is 2.24. The van der Waals surface area contributed by atoms with E-state index < -0.39 is 0 Å². The van der Waals surface area contributed by atoms with Crippen LogP contribution in [0.3, 0.4) is 0 Å². The van der Waals surface area contributed by atoms with Gasteiger partial charge in [-0.2, -0.15) is 0 Å². The average Bonchev–Trinajstić information content (AvgIpc) is 2.91. The summed E-state index contributed by atoms with van der Waals surface area (Å²) in [6, 6.07) is 12.3. The van der Waals surface area contributed by atoms with Crippen LogP contribution in [0.4, 0.5) is 0 Å². The van der Waals surface area contributed by atoms with Crippen LogP contribution in [0.25, 0.3) is 5.65 Å². The lowest BCUT2D eigenvalue weighted by Crippen LogP contribution is -1.98. The number of fused-ring (bicyclic) bond motifs is 1. The van der Waals surface area contributed by atoms with Crippen molar-refractivity contribution < 1.29 is 0 Å². The van der Waals surface area contributed by atoms with Crippen molar-refractivity contribution in [1.82, 2.24) is 14.6 Å². The molecule has 0 amide bonds. The molecule has 0 fully saturated rings. The minimum atomic E-state index is 0. The molecule has 2 heterocycles. The summed E-state index contributed by atoms with van der Waals surface area (Å²) in [4.78, 5) is 2.35. The smallest absolute Gasteiger partial charge is 0.160 e. The van der Waals surface area contributed by atoms with E-state index in [1.807, 2.05) is 18.2 Å². The van der Waals surface area contributed by atoms with E-state index in [-0.39, 0.29) is 12.4 Å². The molecule has 0 aliphatic rings. The SMILES string of the molecule is CC(C)c1nnc2ccc(Sc3ccccc3CN)cn12.Cl. The van der Waals surface area contributed by atoms with Crippen LogP contribution in [-0.4, -0.2) is 14.6 Å². The van der Waals surface area contributed by atoms with Crippen molar-refractivity contribution in [1.29, 1.82) is 0 Å². The van der Waals surface area contributed by atoms with Crippen LogP contribution in [0.2, 0.25) is 0 Å². The molecule has 0 saturated carbocycles. The van der Waals surface area contributed by atoms with Crippen LogP contribution in [0.5, 0.6) is 0 Å². The number of rotatable bonds is 4. The van der Waals surface area contributed by atoms with Crippen molar-refractivity contribution >= 4 is 29.8 Å². The first-order valence-electron chi connectivity index (χ1n) is 6.99. The summed E-state index contributed by atoms with van der Waals surface area (Å²) in [5.41, 5.74) is 7.85. The molecule has 4 nitrogen and oxygen atoms in total. The molecule has 0 radical (unpaired) electrons. The number of nitrogens with two attached hydrogens (primary N) is 1. The molecule has 0 bridgehead atoms. The summed E-state index contributed by atoms with van der Waals surface area (Å²) in [6.45, 7) is 4.80. The number of hydrogen-bond donors (Lipinski definition) is 1. The Morgan fingerprint density at radius 3 is 2.64 bits per heavy atom. The molecule has 3 aromatic rings. The lowest BCUT2D eigenvalue weighted by atomic mass is 10.2. The maximum absolute atomic E-state index is 5.80. The zero-order chi connectivity index (χ0) is 14.8. The predicted octanol–water partition coefficient (Wildman–Crippen LogP) is 3.88. The van der Waals surface area contributed by atoms with Crippen molar-refractivity contribution in [3.05, 3.63) is 54.0 Å². The Morgan fingerprint density at radius 1 is 1.14 bits per heavy atom. The van der Waals surface area contributed by atoms with Gasteiger partial charge in [0.05, 0.1) is 0 Å². The number of halogens is 1. The molecular formula is C16H19ClN4S. The Hall–Kier alpha value is -1.56. The van der Waals surface area contributed by atoms with Crippen molar-refractivity contribution in [3.8, 4) is 0 Å². The fourth-order valence-corrected chi connectivity index (χ4v) is 3.22. The van der Waals surface area contributed by atoms with Crippen LogP contribution in [0, 0.1) is 0 Å². The first-order valence-corrected chi connectivity index (χ1v) is 7.81. The van der Waals surface area contributed by atoms with E-state index in [1.165, 1.54) is 4.90 Å². The van der Waals surface area contributed by atoms with E-state index in [9.17, 15) is 0 Å². The van der Waals surface area contributed by atoms with Crippen LogP contribution in [-0.2, 0) is 6.54 Å². The van der Waals surface area contributed by atoms with E-state index in [0.717, 1.165) is 21.9 Å². The molecule has 1 aromatic carbocycles. The first-order chi connectivity index (χ1) is 10.2. The van der Waals surface area contributed by atoms with Gasteiger partial charge in [-0.25, -0.2) is 0 Å². The second-order valence-corrected chi connectivity index (χ2v) is 6.34. The van der Waals surface area contributed by atoms with Gasteiger partial charge in [0.25, 0.3) is 0 Å². The van der Waals surface area contributed by atoms with Gasteiger partial charge in [-0.1, -0.05) is 43.8 Å². The number of nitrogens with zero attached hydrogens (tertiary/aromatic N) is 3. The average molecular weight is 335 g/mol. The zero-order valence-electron chi connectivity index (χ0n) is 12.6. The van der Waals surface area contributed by atoms with Crippen LogP contribution >= 0.6 is 24.2 Å². The molecule has 2 N–H and O–H groups in total. The van der Waals surface area contributed by atoms with Gasteiger partial charge in [-0.05, 0) is 23.8 Å². The number of hydrogen-bond acceptors (Lipinski definition) is 4. The second kappa shape index (κ2) is 7.13. The fraction of sp³-hybridized carbons (Fsp3) is 0.250. The third-order valence-electron chi connectivity index (χ3n) is 3.34. The van der Waals surface area contributed by atoms with E-state index in [4.69, 9.17) is 5.73 Å². The topological polar surface area (TPSA) is 56.2 Å². The van der Waals surface area contributed by atoms with Crippen molar-refractivity contribution in [3.63, 3.8) is 0 Å². The highest BCUT2D eigenvalue weighted by atomic mass is 35.5. The van der Waals surface area contributed by atoms with Crippen molar-refractivity contribution in [2.45, 2.75) is 36.1 Å². The maximum Gasteiger partial charge on any atom is 0.160 e. The van der Waals surface area contributed by atoms with Crippen molar-refractivity contribution in [2.75, 3.05) is 0 Å². The Morgan fingerprint density at radius 2 is 1.91 bits per heavy atom. The molecule has 0 aliphatic carbocycles. The van der Waals surface area contributed by atoms with E-state index in [0.29, 0.717) is 12.5 Å². The van der Waals surface area contributed by atoms with Gasteiger partial charge in [-0.3, -0.25) is 4.40 Å². The van der Waals surface area contributed by atoms with Gasteiger partial charge in [0.1, 0.15) is 5.82 Å². The molecule has 3 rings (SSSR count). The van der Waals surface area contributed by atoms with Crippen molar-refractivity contribution in [2.24, 2.45) is 5.73 Å². The molecule has 6 heteroatoms. The quantitative estimate of drug-likeness (QED) is 0.786. The Kier molecular flexibility index (Phi) is 5.45. The molecule has 0 aliphatic heterocycles. The zero-order valence-corrected chi connectivity index (χ0v) is 14.2. The third-order valence-corrected chi connectivity index (χ3v) is 4.43. The molecule has 2 aromatic heterocycles. The minimum Gasteiger partial charge on any atom is -0.326 e. The first kappa shape index (κ1) is 16.8. The number of benzene rings is 1. The molecule has 0 spiro atoms. The van der Waals surface area contributed by atoms with Gasteiger partial charge in [0.2, 0.25) is 0 Å². The van der Waals surface area contributed by atoms with E-state index >= 15 is 0 Å². The van der Waals surface area contributed by atoms with Gasteiger partial charge in [0, 0.05) is 28.5 Å². The Balaban J connectivity index is 0.00000176. The summed E-state index contributed by atoms with van der Waals surface area (Å²) < 4.78 is 2.07. The Bertz CT molecular complexity index is 770. The van der Waals surface area contributed by atoms with Crippen LogP contribution in [0.1, 0.15) is 31.2 Å².